The van der Waals surface area contributed by atoms with Crippen LogP contribution in [0.3, 0.4) is 0 Å². The van der Waals surface area contributed by atoms with Gasteiger partial charge in [-0.2, -0.15) is 0 Å². The summed E-state index contributed by atoms with van der Waals surface area (Å²) >= 11 is 0. The molecule has 2 aromatic rings. The minimum Gasteiger partial charge on any atom is -0.327 e. The van der Waals surface area contributed by atoms with Crippen LogP contribution in [-0.2, 0) is 19.4 Å². The van der Waals surface area contributed by atoms with Crippen molar-refractivity contribution in [2.45, 2.75) is 44.3 Å². The van der Waals surface area contributed by atoms with E-state index in [0.717, 1.165) is 32.5 Å². The van der Waals surface area contributed by atoms with E-state index in [0.29, 0.717) is 18.6 Å². The third-order valence-electron chi connectivity index (χ3n) is 5.87. The smallest absolute Gasteiger partial charge is 0.0607 e. The molecule has 1 aromatic carbocycles. The van der Waals surface area contributed by atoms with Gasteiger partial charge in [-0.15, -0.1) is 0 Å². The van der Waals surface area contributed by atoms with E-state index in [1.54, 1.807) is 0 Å². The molecule has 3 N–H and O–H groups in total. The van der Waals surface area contributed by atoms with E-state index in [9.17, 15) is 0 Å². The van der Waals surface area contributed by atoms with Gasteiger partial charge in [-0.25, -0.2) is 0 Å². The average Bonchev–Trinajstić information content (AvgIpc) is 2.73. The first kappa shape index (κ1) is 18.4. The lowest BCUT2D eigenvalue weighted by molar-refractivity contribution is 0.170. The third kappa shape index (κ3) is 4.29. The molecule has 1 aliphatic heterocycles. The number of nitrogens with zero attached hydrogens (tertiary/aromatic N) is 2. The van der Waals surface area contributed by atoms with Gasteiger partial charge in [-0.05, 0) is 48.4 Å². The molecule has 2 aliphatic rings. The van der Waals surface area contributed by atoms with Crippen molar-refractivity contribution in [3.05, 3.63) is 77.1 Å². The van der Waals surface area contributed by atoms with Crippen molar-refractivity contribution < 1.29 is 0 Å². The molecule has 4 rings (SSSR count). The second kappa shape index (κ2) is 8.79. The summed E-state index contributed by atoms with van der Waals surface area (Å²) in [5.74, 6) is 0. The van der Waals surface area contributed by atoms with E-state index in [1.165, 1.54) is 35.2 Å². The number of aryl methyl sites for hydroxylation is 1. The van der Waals surface area contributed by atoms with E-state index >= 15 is 0 Å². The lowest BCUT2D eigenvalue weighted by Crippen LogP contribution is -2.46. The summed E-state index contributed by atoms with van der Waals surface area (Å²) in [5, 5.41) is 3.75. The summed E-state index contributed by atoms with van der Waals surface area (Å²) in [6.07, 6.45) is 10.9. The van der Waals surface area contributed by atoms with Crippen LogP contribution in [0.5, 0.6) is 0 Å². The highest BCUT2D eigenvalue weighted by Gasteiger charge is 2.29. The SMILES string of the molecule is NC/C=C/CN(C[C@H]1Cc2ccccc2CN1)[C@H]1CCCc2cccnc21. The number of rotatable bonds is 6. The zero-order valence-corrected chi connectivity index (χ0v) is 16.0. The van der Waals surface area contributed by atoms with E-state index in [4.69, 9.17) is 10.7 Å². The summed E-state index contributed by atoms with van der Waals surface area (Å²) in [5.41, 5.74) is 11.3. The van der Waals surface area contributed by atoms with E-state index in [2.05, 4.69) is 58.8 Å². The van der Waals surface area contributed by atoms with Crippen LogP contribution in [0.4, 0.5) is 0 Å². The van der Waals surface area contributed by atoms with Crippen LogP contribution < -0.4 is 11.1 Å². The van der Waals surface area contributed by atoms with Crippen LogP contribution in [0.1, 0.15) is 41.3 Å². The molecule has 2 atom stereocenters. The molecule has 0 unspecified atom stereocenters. The number of hydrogen-bond donors (Lipinski definition) is 2. The lowest BCUT2D eigenvalue weighted by Gasteiger charge is -2.38. The highest BCUT2D eigenvalue weighted by molar-refractivity contribution is 5.30. The second-order valence-corrected chi connectivity index (χ2v) is 7.67. The van der Waals surface area contributed by atoms with Crippen LogP contribution >= 0.6 is 0 Å². The van der Waals surface area contributed by atoms with E-state index < -0.39 is 0 Å². The normalized spacial score (nSPS) is 22.0. The Hall–Kier alpha value is -2.01. The molecule has 0 radical (unpaired) electrons. The van der Waals surface area contributed by atoms with E-state index in [1.807, 2.05) is 6.20 Å². The molecule has 27 heavy (non-hydrogen) atoms. The van der Waals surface area contributed by atoms with Gasteiger partial charge in [0.25, 0.3) is 0 Å². The molecule has 4 nitrogen and oxygen atoms in total. The molecule has 0 spiro atoms. The van der Waals surface area contributed by atoms with Crippen LogP contribution in [-0.4, -0.2) is 35.6 Å². The molecule has 0 saturated carbocycles. The number of nitrogens with one attached hydrogen (secondary N) is 1. The molecule has 4 heteroatoms. The fraction of sp³-hybridized carbons (Fsp3) is 0.435. The molecule has 0 fully saturated rings. The predicted octanol–water partition coefficient (Wildman–Crippen LogP) is 2.99. The maximum Gasteiger partial charge on any atom is 0.0607 e. The van der Waals surface area contributed by atoms with Crippen molar-refractivity contribution in [3.63, 3.8) is 0 Å². The Kier molecular flexibility index (Phi) is 5.97. The highest BCUT2D eigenvalue weighted by atomic mass is 15.2. The Morgan fingerprint density at radius 1 is 1.11 bits per heavy atom. The molecule has 0 bridgehead atoms. The summed E-state index contributed by atoms with van der Waals surface area (Å²) in [7, 11) is 0. The van der Waals surface area contributed by atoms with Gasteiger partial charge in [0, 0.05) is 38.4 Å². The lowest BCUT2D eigenvalue weighted by atomic mass is 9.89. The van der Waals surface area contributed by atoms with Crippen molar-refractivity contribution in [1.29, 1.82) is 0 Å². The number of hydrogen-bond acceptors (Lipinski definition) is 4. The molecule has 2 heterocycles. The standard InChI is InChI=1S/C23H30N4/c24-12-3-4-14-27(22-11-5-9-18-10-6-13-25-23(18)22)17-21-15-19-7-1-2-8-20(19)16-26-21/h1-4,6-8,10,13,21-22,26H,5,9,11-12,14-17,24H2/b4-3+/t21-,22+/m1/s1. The summed E-state index contributed by atoms with van der Waals surface area (Å²) in [6, 6.07) is 14.0. The first-order chi connectivity index (χ1) is 13.3. The van der Waals surface area contributed by atoms with Gasteiger partial charge in [0.1, 0.15) is 0 Å². The zero-order valence-electron chi connectivity index (χ0n) is 16.0. The minimum atomic E-state index is 0.399. The zero-order chi connectivity index (χ0) is 18.5. The van der Waals surface area contributed by atoms with Crippen molar-refractivity contribution in [2.75, 3.05) is 19.6 Å². The first-order valence-electron chi connectivity index (χ1n) is 10.2. The van der Waals surface area contributed by atoms with Crippen molar-refractivity contribution in [2.24, 2.45) is 5.73 Å². The highest BCUT2D eigenvalue weighted by Crippen LogP contribution is 2.33. The van der Waals surface area contributed by atoms with Gasteiger partial charge in [-0.1, -0.05) is 42.5 Å². The second-order valence-electron chi connectivity index (χ2n) is 7.67. The molecule has 0 saturated heterocycles. The van der Waals surface area contributed by atoms with Crippen molar-refractivity contribution in [3.8, 4) is 0 Å². The van der Waals surface area contributed by atoms with Crippen LogP contribution in [0, 0.1) is 0 Å². The number of benzene rings is 1. The monoisotopic (exact) mass is 362 g/mol. The molecule has 1 aliphatic carbocycles. The van der Waals surface area contributed by atoms with Crippen LogP contribution in [0.2, 0.25) is 0 Å². The fourth-order valence-electron chi connectivity index (χ4n) is 4.51. The maximum atomic E-state index is 5.68. The largest absolute Gasteiger partial charge is 0.327 e. The van der Waals surface area contributed by atoms with Crippen LogP contribution in [0.25, 0.3) is 0 Å². The summed E-state index contributed by atoms with van der Waals surface area (Å²) < 4.78 is 0. The minimum absolute atomic E-state index is 0.399. The Labute approximate surface area is 162 Å². The fourth-order valence-corrected chi connectivity index (χ4v) is 4.51. The Morgan fingerprint density at radius 2 is 1.96 bits per heavy atom. The van der Waals surface area contributed by atoms with Crippen molar-refractivity contribution >= 4 is 0 Å². The first-order valence-corrected chi connectivity index (χ1v) is 10.2. The van der Waals surface area contributed by atoms with E-state index in [-0.39, 0.29) is 0 Å². The molecule has 0 amide bonds. The average molecular weight is 363 g/mol. The maximum absolute atomic E-state index is 5.68. The summed E-state index contributed by atoms with van der Waals surface area (Å²) in [4.78, 5) is 7.37. The Bertz CT molecular complexity index is 785. The number of pyridine rings is 1. The molecular formula is C23H30N4. The van der Waals surface area contributed by atoms with Gasteiger partial charge in [0.15, 0.2) is 0 Å². The number of fused-ring (bicyclic) bond motifs is 2. The van der Waals surface area contributed by atoms with Crippen molar-refractivity contribution in [1.82, 2.24) is 15.2 Å². The molecule has 142 valence electrons. The third-order valence-corrected chi connectivity index (χ3v) is 5.87. The quantitative estimate of drug-likeness (QED) is 0.776. The number of aromatic nitrogens is 1. The van der Waals surface area contributed by atoms with Gasteiger partial charge in [0.2, 0.25) is 0 Å². The van der Waals surface area contributed by atoms with Gasteiger partial charge < -0.3 is 11.1 Å². The Morgan fingerprint density at radius 3 is 2.85 bits per heavy atom. The van der Waals surface area contributed by atoms with Gasteiger partial charge in [-0.3, -0.25) is 9.88 Å². The topological polar surface area (TPSA) is 54.2 Å². The molecular weight excluding hydrogens is 332 g/mol. The van der Waals surface area contributed by atoms with Gasteiger partial charge in [0.05, 0.1) is 11.7 Å². The molecule has 1 aromatic heterocycles. The number of nitrogens with two attached hydrogens (primary N) is 1. The Balaban J connectivity index is 1.53. The summed E-state index contributed by atoms with van der Waals surface area (Å²) in [6.45, 7) is 3.52. The van der Waals surface area contributed by atoms with Gasteiger partial charge >= 0.3 is 0 Å². The van der Waals surface area contributed by atoms with Crippen LogP contribution in [0.15, 0.2) is 54.7 Å². The predicted molar refractivity (Wildman–Crippen MR) is 110 cm³/mol.